The van der Waals surface area contributed by atoms with E-state index in [1.165, 1.54) is 0 Å². The number of nitrogens with one attached hydrogen (secondary N) is 1. The van der Waals surface area contributed by atoms with Crippen LogP contribution < -0.4 is 10.2 Å². The molecule has 25 heavy (non-hydrogen) atoms. The van der Waals surface area contributed by atoms with E-state index in [2.05, 4.69) is 26.2 Å². The molecule has 126 valence electrons. The van der Waals surface area contributed by atoms with Crippen LogP contribution in [-0.4, -0.2) is 17.9 Å². The number of amides is 1. The second kappa shape index (κ2) is 7.49. The van der Waals surface area contributed by atoms with E-state index in [1.807, 2.05) is 73.5 Å². The van der Waals surface area contributed by atoms with Crippen LogP contribution >= 0.6 is 15.9 Å². The second-order valence-electron chi connectivity index (χ2n) is 5.76. The average Bonchev–Trinajstić information content (AvgIpc) is 2.64. The number of anilines is 3. The summed E-state index contributed by atoms with van der Waals surface area (Å²) in [6, 6.07) is 17.6. The van der Waals surface area contributed by atoms with Gasteiger partial charge in [0.2, 0.25) is 0 Å². The number of pyridine rings is 1. The van der Waals surface area contributed by atoms with Crippen molar-refractivity contribution in [1.29, 1.82) is 0 Å². The maximum absolute atomic E-state index is 12.6. The molecule has 0 aliphatic carbocycles. The third kappa shape index (κ3) is 4.06. The first kappa shape index (κ1) is 17.2. The molecular weight excluding hydrogens is 378 g/mol. The highest BCUT2D eigenvalue weighted by atomic mass is 79.9. The average molecular weight is 396 g/mol. The fourth-order valence-corrected chi connectivity index (χ4v) is 3.04. The van der Waals surface area contributed by atoms with Gasteiger partial charge < -0.3 is 10.2 Å². The molecule has 0 saturated heterocycles. The standard InChI is InChI=1S/C20H18BrN3O/c1-14-8-9-19(18(21)10-14)23-20(25)15-11-17(13-22-12-15)24(2)16-6-4-3-5-7-16/h3-13H,1-2H3,(H,23,25). The molecule has 1 heterocycles. The number of benzene rings is 2. The summed E-state index contributed by atoms with van der Waals surface area (Å²) >= 11 is 3.48. The predicted molar refractivity (Wildman–Crippen MR) is 106 cm³/mol. The minimum absolute atomic E-state index is 0.194. The summed E-state index contributed by atoms with van der Waals surface area (Å²) < 4.78 is 0.853. The van der Waals surface area contributed by atoms with E-state index in [-0.39, 0.29) is 5.91 Å². The Bertz CT molecular complexity index is 896. The van der Waals surface area contributed by atoms with Crippen molar-refractivity contribution >= 4 is 38.9 Å². The number of aryl methyl sites for hydroxylation is 1. The zero-order chi connectivity index (χ0) is 17.8. The minimum Gasteiger partial charge on any atom is -0.343 e. The van der Waals surface area contributed by atoms with Crippen LogP contribution in [0.1, 0.15) is 15.9 Å². The van der Waals surface area contributed by atoms with E-state index in [0.29, 0.717) is 5.56 Å². The van der Waals surface area contributed by atoms with E-state index >= 15 is 0 Å². The summed E-state index contributed by atoms with van der Waals surface area (Å²) in [5, 5.41) is 2.92. The normalized spacial score (nSPS) is 10.4. The molecule has 3 rings (SSSR count). The summed E-state index contributed by atoms with van der Waals surface area (Å²) in [5.41, 5.74) is 4.24. The van der Waals surface area contributed by atoms with Crippen molar-refractivity contribution in [2.45, 2.75) is 6.92 Å². The number of carbonyl (C=O) groups excluding carboxylic acids is 1. The van der Waals surface area contributed by atoms with Crippen molar-refractivity contribution in [1.82, 2.24) is 4.98 Å². The van der Waals surface area contributed by atoms with Gasteiger partial charge in [-0.3, -0.25) is 9.78 Å². The van der Waals surface area contributed by atoms with Gasteiger partial charge in [0.15, 0.2) is 0 Å². The van der Waals surface area contributed by atoms with Gasteiger partial charge in [0, 0.05) is 23.4 Å². The van der Waals surface area contributed by atoms with Crippen LogP contribution in [0.25, 0.3) is 0 Å². The van der Waals surface area contributed by atoms with Gasteiger partial charge in [0.1, 0.15) is 0 Å². The quantitative estimate of drug-likeness (QED) is 0.662. The lowest BCUT2D eigenvalue weighted by molar-refractivity contribution is 0.102. The number of halogens is 1. The summed E-state index contributed by atoms with van der Waals surface area (Å²) in [6.45, 7) is 2.00. The van der Waals surface area contributed by atoms with Crippen LogP contribution in [0, 0.1) is 6.92 Å². The predicted octanol–water partition coefficient (Wildman–Crippen LogP) is 5.17. The summed E-state index contributed by atoms with van der Waals surface area (Å²) in [4.78, 5) is 18.8. The van der Waals surface area contributed by atoms with E-state index in [9.17, 15) is 4.79 Å². The van der Waals surface area contributed by atoms with Gasteiger partial charge in [-0.2, -0.15) is 0 Å². The van der Waals surface area contributed by atoms with Crippen molar-refractivity contribution in [2.75, 3.05) is 17.3 Å². The lowest BCUT2D eigenvalue weighted by Gasteiger charge is -2.19. The number of rotatable bonds is 4. The van der Waals surface area contributed by atoms with Gasteiger partial charge in [0.05, 0.1) is 23.1 Å². The number of para-hydroxylation sites is 1. The van der Waals surface area contributed by atoms with Crippen LogP contribution in [0.4, 0.5) is 17.1 Å². The van der Waals surface area contributed by atoms with Crippen molar-refractivity contribution in [2.24, 2.45) is 0 Å². The lowest BCUT2D eigenvalue weighted by atomic mass is 10.2. The number of hydrogen-bond acceptors (Lipinski definition) is 3. The fraction of sp³-hybridized carbons (Fsp3) is 0.100. The van der Waals surface area contributed by atoms with Crippen molar-refractivity contribution in [3.05, 3.63) is 82.6 Å². The molecule has 5 heteroatoms. The zero-order valence-corrected chi connectivity index (χ0v) is 15.6. The largest absolute Gasteiger partial charge is 0.343 e. The zero-order valence-electron chi connectivity index (χ0n) is 14.0. The van der Waals surface area contributed by atoms with Gasteiger partial charge in [-0.25, -0.2) is 0 Å². The molecule has 4 nitrogen and oxygen atoms in total. The Morgan fingerprint density at radius 1 is 1.04 bits per heavy atom. The van der Waals surface area contributed by atoms with Gasteiger partial charge in [-0.1, -0.05) is 24.3 Å². The first-order valence-electron chi connectivity index (χ1n) is 7.86. The Morgan fingerprint density at radius 3 is 2.52 bits per heavy atom. The molecule has 1 aromatic heterocycles. The monoisotopic (exact) mass is 395 g/mol. The molecule has 0 spiro atoms. The Kier molecular flexibility index (Phi) is 5.14. The highest BCUT2D eigenvalue weighted by Crippen LogP contribution is 2.26. The summed E-state index contributed by atoms with van der Waals surface area (Å²) in [6.07, 6.45) is 3.31. The molecule has 0 atom stereocenters. The fourth-order valence-electron chi connectivity index (χ4n) is 2.45. The van der Waals surface area contributed by atoms with Gasteiger partial charge in [-0.15, -0.1) is 0 Å². The van der Waals surface area contributed by atoms with Gasteiger partial charge in [0.25, 0.3) is 5.91 Å². The van der Waals surface area contributed by atoms with Crippen molar-refractivity contribution in [3.8, 4) is 0 Å². The molecule has 3 aromatic rings. The second-order valence-corrected chi connectivity index (χ2v) is 6.62. The van der Waals surface area contributed by atoms with Gasteiger partial charge in [-0.05, 0) is 58.7 Å². The molecule has 0 saturated carbocycles. The Labute approximate surface area is 155 Å². The van der Waals surface area contributed by atoms with Crippen LogP contribution in [-0.2, 0) is 0 Å². The molecule has 1 N–H and O–H groups in total. The molecule has 0 radical (unpaired) electrons. The molecule has 0 bridgehead atoms. The van der Waals surface area contributed by atoms with Crippen molar-refractivity contribution in [3.63, 3.8) is 0 Å². The van der Waals surface area contributed by atoms with E-state index in [0.717, 1.165) is 27.1 Å². The van der Waals surface area contributed by atoms with E-state index < -0.39 is 0 Å². The molecule has 0 unspecified atom stereocenters. The number of hydrogen-bond donors (Lipinski definition) is 1. The van der Waals surface area contributed by atoms with Crippen LogP contribution in [0.2, 0.25) is 0 Å². The van der Waals surface area contributed by atoms with Gasteiger partial charge >= 0.3 is 0 Å². The Hall–Kier alpha value is -2.66. The number of nitrogens with zero attached hydrogens (tertiary/aromatic N) is 2. The van der Waals surface area contributed by atoms with Crippen LogP contribution in [0.3, 0.4) is 0 Å². The van der Waals surface area contributed by atoms with Crippen molar-refractivity contribution < 1.29 is 4.79 Å². The molecule has 0 aliphatic rings. The molecule has 0 aliphatic heterocycles. The number of carbonyl (C=O) groups is 1. The summed E-state index contributed by atoms with van der Waals surface area (Å²) in [5.74, 6) is -0.194. The third-order valence-corrected chi connectivity index (χ3v) is 4.55. The lowest BCUT2D eigenvalue weighted by Crippen LogP contribution is -2.15. The molecular formula is C20H18BrN3O. The smallest absolute Gasteiger partial charge is 0.257 e. The molecule has 1 amide bonds. The third-order valence-electron chi connectivity index (χ3n) is 3.89. The summed E-state index contributed by atoms with van der Waals surface area (Å²) in [7, 11) is 1.95. The SMILES string of the molecule is Cc1ccc(NC(=O)c2cncc(N(C)c3ccccc3)c2)c(Br)c1. The maximum Gasteiger partial charge on any atom is 0.257 e. The van der Waals surface area contributed by atoms with Crippen LogP contribution in [0.15, 0.2) is 71.5 Å². The highest BCUT2D eigenvalue weighted by molar-refractivity contribution is 9.10. The van der Waals surface area contributed by atoms with E-state index in [4.69, 9.17) is 0 Å². The molecule has 2 aromatic carbocycles. The molecule has 0 fully saturated rings. The first-order chi connectivity index (χ1) is 12.0. The highest BCUT2D eigenvalue weighted by Gasteiger charge is 2.12. The topological polar surface area (TPSA) is 45.2 Å². The number of aromatic nitrogens is 1. The minimum atomic E-state index is -0.194. The van der Waals surface area contributed by atoms with E-state index in [1.54, 1.807) is 12.4 Å². The Balaban J connectivity index is 1.82. The Morgan fingerprint density at radius 2 is 1.80 bits per heavy atom. The van der Waals surface area contributed by atoms with Crippen LogP contribution in [0.5, 0.6) is 0 Å². The maximum atomic E-state index is 12.6. The first-order valence-corrected chi connectivity index (χ1v) is 8.65.